The summed E-state index contributed by atoms with van der Waals surface area (Å²) in [5.74, 6) is 0. The number of nitrogens with zero attached hydrogens (tertiary/aromatic N) is 1. The average Bonchev–Trinajstić information content (AvgIpc) is 2.37. The van der Waals surface area contributed by atoms with E-state index in [1.165, 1.54) is 12.8 Å². The van der Waals surface area contributed by atoms with E-state index in [0.717, 1.165) is 19.4 Å². The number of carbonyl (C=O) groups is 1. The first-order valence-corrected chi connectivity index (χ1v) is 7.22. The maximum absolute atomic E-state index is 11.7. The van der Waals surface area contributed by atoms with E-state index < -0.39 is 0 Å². The fourth-order valence-corrected chi connectivity index (χ4v) is 1.90. The number of hydrogen-bond donors (Lipinski definition) is 2. The molecule has 0 aromatic rings. The van der Waals surface area contributed by atoms with Crippen LogP contribution in [0.15, 0.2) is 0 Å². The number of nitrogens with one attached hydrogen (secondary N) is 2. The lowest BCUT2D eigenvalue weighted by Crippen LogP contribution is -2.50. The van der Waals surface area contributed by atoms with Gasteiger partial charge in [0.05, 0.1) is 6.10 Å². The van der Waals surface area contributed by atoms with Gasteiger partial charge in [-0.3, -0.25) is 0 Å². The van der Waals surface area contributed by atoms with Crippen LogP contribution in [0.1, 0.15) is 39.5 Å². The van der Waals surface area contributed by atoms with Crippen LogP contribution in [0, 0.1) is 0 Å². The number of likely N-dealkylation sites (N-methyl/N-ethyl adjacent to an activating group) is 1. The van der Waals surface area contributed by atoms with Gasteiger partial charge in [0.15, 0.2) is 0 Å². The second-order valence-corrected chi connectivity index (χ2v) is 6.09. The fourth-order valence-electron chi connectivity index (χ4n) is 1.90. The Morgan fingerprint density at radius 3 is 2.63 bits per heavy atom. The number of hydrogen-bond acceptors (Lipinski definition) is 3. The monoisotopic (exact) mass is 271 g/mol. The summed E-state index contributed by atoms with van der Waals surface area (Å²) < 4.78 is 5.63. The predicted octanol–water partition coefficient (Wildman–Crippen LogP) is 1.58. The van der Waals surface area contributed by atoms with Crippen LogP contribution >= 0.6 is 0 Å². The summed E-state index contributed by atoms with van der Waals surface area (Å²) in [5, 5.41) is 5.80. The minimum atomic E-state index is -0.0919. The Kier molecular flexibility index (Phi) is 6.58. The second-order valence-electron chi connectivity index (χ2n) is 6.09. The Labute approximate surface area is 117 Å². The molecule has 19 heavy (non-hydrogen) atoms. The van der Waals surface area contributed by atoms with Gasteiger partial charge in [-0.15, -0.1) is 0 Å². The summed E-state index contributed by atoms with van der Waals surface area (Å²) >= 11 is 0. The Morgan fingerprint density at radius 1 is 1.32 bits per heavy atom. The molecule has 0 aromatic heterocycles. The molecule has 1 aliphatic rings. The molecule has 1 rings (SSSR count). The van der Waals surface area contributed by atoms with Crippen LogP contribution in [0.4, 0.5) is 4.79 Å². The van der Waals surface area contributed by atoms with Crippen molar-refractivity contribution >= 4 is 6.03 Å². The van der Waals surface area contributed by atoms with Crippen LogP contribution in [0.2, 0.25) is 0 Å². The van der Waals surface area contributed by atoms with Crippen molar-refractivity contribution in [2.24, 2.45) is 0 Å². The van der Waals surface area contributed by atoms with Gasteiger partial charge in [-0.05, 0) is 53.6 Å². The fraction of sp³-hybridized carbons (Fsp3) is 0.929. The molecule has 0 aliphatic carbocycles. The molecule has 5 heteroatoms. The molecule has 1 saturated heterocycles. The van der Waals surface area contributed by atoms with E-state index >= 15 is 0 Å². The van der Waals surface area contributed by atoms with Crippen molar-refractivity contribution in [1.82, 2.24) is 15.5 Å². The first-order valence-electron chi connectivity index (χ1n) is 7.22. The summed E-state index contributed by atoms with van der Waals surface area (Å²) in [5.41, 5.74) is -0.0379. The van der Waals surface area contributed by atoms with E-state index in [9.17, 15) is 4.79 Å². The van der Waals surface area contributed by atoms with Gasteiger partial charge >= 0.3 is 6.03 Å². The van der Waals surface area contributed by atoms with Gasteiger partial charge in [0, 0.05) is 25.2 Å². The van der Waals surface area contributed by atoms with Crippen molar-refractivity contribution in [2.45, 2.75) is 51.2 Å². The van der Waals surface area contributed by atoms with Crippen molar-refractivity contribution in [3.05, 3.63) is 0 Å². The topological polar surface area (TPSA) is 53.6 Å². The maximum Gasteiger partial charge on any atom is 0.314 e. The Hall–Kier alpha value is -0.810. The largest absolute Gasteiger partial charge is 0.378 e. The molecule has 112 valence electrons. The van der Waals surface area contributed by atoms with Gasteiger partial charge in [0.2, 0.25) is 0 Å². The van der Waals surface area contributed by atoms with Crippen LogP contribution < -0.4 is 10.6 Å². The second kappa shape index (κ2) is 7.70. The van der Waals surface area contributed by atoms with Crippen molar-refractivity contribution < 1.29 is 9.53 Å². The Morgan fingerprint density at radius 2 is 2.05 bits per heavy atom. The number of carbonyl (C=O) groups excluding carboxylic acids is 1. The molecule has 1 unspecified atom stereocenters. The highest BCUT2D eigenvalue weighted by Crippen LogP contribution is 2.14. The Balaban J connectivity index is 2.10. The minimum Gasteiger partial charge on any atom is -0.378 e. The molecular formula is C14H29N3O2. The summed E-state index contributed by atoms with van der Waals surface area (Å²) in [4.78, 5) is 13.8. The zero-order valence-corrected chi connectivity index (χ0v) is 12.8. The first-order chi connectivity index (χ1) is 8.92. The van der Waals surface area contributed by atoms with E-state index in [1.54, 1.807) is 0 Å². The van der Waals surface area contributed by atoms with Gasteiger partial charge in [-0.25, -0.2) is 4.79 Å². The molecule has 0 radical (unpaired) electrons. The SMILES string of the molecule is CN(C)C(C)(C)CNC(=O)NCCC1CCCCO1. The summed E-state index contributed by atoms with van der Waals surface area (Å²) in [6, 6.07) is -0.0919. The highest BCUT2D eigenvalue weighted by molar-refractivity contribution is 5.73. The quantitative estimate of drug-likeness (QED) is 0.771. The minimum absolute atomic E-state index is 0.0379. The van der Waals surface area contributed by atoms with Crippen molar-refractivity contribution in [3.8, 4) is 0 Å². The average molecular weight is 271 g/mol. The van der Waals surface area contributed by atoms with E-state index in [4.69, 9.17) is 4.74 Å². The van der Waals surface area contributed by atoms with E-state index in [-0.39, 0.29) is 11.6 Å². The molecule has 1 fully saturated rings. The molecule has 1 heterocycles. The summed E-state index contributed by atoms with van der Waals surface area (Å²) in [6.45, 7) is 6.38. The predicted molar refractivity (Wildman–Crippen MR) is 77.4 cm³/mol. The molecular weight excluding hydrogens is 242 g/mol. The molecule has 0 spiro atoms. The molecule has 0 aromatic carbocycles. The van der Waals surface area contributed by atoms with E-state index in [0.29, 0.717) is 19.2 Å². The van der Waals surface area contributed by atoms with Gasteiger partial charge in [0.25, 0.3) is 0 Å². The lowest BCUT2D eigenvalue weighted by molar-refractivity contribution is 0.0120. The number of amides is 2. The summed E-state index contributed by atoms with van der Waals surface area (Å²) in [7, 11) is 4.03. The van der Waals surface area contributed by atoms with Gasteiger partial charge in [-0.2, -0.15) is 0 Å². The molecule has 1 aliphatic heterocycles. The van der Waals surface area contributed by atoms with Crippen LogP contribution in [-0.4, -0.2) is 56.4 Å². The third-order valence-corrected chi connectivity index (χ3v) is 3.92. The van der Waals surface area contributed by atoms with Crippen LogP contribution in [0.3, 0.4) is 0 Å². The Bertz CT molecular complexity index is 274. The lowest BCUT2D eigenvalue weighted by atomic mass is 10.0. The van der Waals surface area contributed by atoms with Gasteiger partial charge < -0.3 is 20.3 Å². The molecule has 2 amide bonds. The van der Waals surface area contributed by atoms with Crippen LogP contribution in [0.25, 0.3) is 0 Å². The highest BCUT2D eigenvalue weighted by Gasteiger charge is 2.21. The van der Waals surface area contributed by atoms with Gasteiger partial charge in [0.1, 0.15) is 0 Å². The van der Waals surface area contributed by atoms with Crippen molar-refractivity contribution in [2.75, 3.05) is 33.8 Å². The molecule has 0 bridgehead atoms. The number of ether oxygens (including phenoxy) is 1. The maximum atomic E-state index is 11.7. The first kappa shape index (κ1) is 16.2. The summed E-state index contributed by atoms with van der Waals surface area (Å²) in [6.07, 6.45) is 4.77. The van der Waals surface area contributed by atoms with Crippen molar-refractivity contribution in [1.29, 1.82) is 0 Å². The zero-order valence-electron chi connectivity index (χ0n) is 12.8. The standard InChI is InChI=1S/C14H29N3O2/c1-14(2,17(3)4)11-16-13(18)15-9-8-12-7-5-6-10-19-12/h12H,5-11H2,1-4H3,(H2,15,16,18). The van der Waals surface area contributed by atoms with Crippen LogP contribution in [0.5, 0.6) is 0 Å². The number of urea groups is 1. The lowest BCUT2D eigenvalue weighted by Gasteiger charge is -2.32. The molecule has 5 nitrogen and oxygen atoms in total. The van der Waals surface area contributed by atoms with Crippen LogP contribution in [-0.2, 0) is 4.74 Å². The highest BCUT2D eigenvalue weighted by atomic mass is 16.5. The third kappa shape index (κ3) is 6.25. The van der Waals surface area contributed by atoms with E-state index in [2.05, 4.69) is 29.4 Å². The normalized spacial score (nSPS) is 20.4. The smallest absolute Gasteiger partial charge is 0.314 e. The van der Waals surface area contributed by atoms with Gasteiger partial charge in [-0.1, -0.05) is 0 Å². The molecule has 1 atom stereocenters. The molecule has 0 saturated carbocycles. The molecule has 2 N–H and O–H groups in total. The third-order valence-electron chi connectivity index (χ3n) is 3.92. The zero-order chi connectivity index (χ0) is 14.3. The van der Waals surface area contributed by atoms with Crippen molar-refractivity contribution in [3.63, 3.8) is 0 Å². The number of rotatable bonds is 6. The van der Waals surface area contributed by atoms with E-state index in [1.807, 2.05) is 14.1 Å².